The largest absolute Gasteiger partial charge is 0.337 e. The topological polar surface area (TPSA) is 89.5 Å². The van der Waals surface area contributed by atoms with Gasteiger partial charge in [-0.15, -0.1) is 0 Å². The van der Waals surface area contributed by atoms with Crippen LogP contribution >= 0.6 is 0 Å². The van der Waals surface area contributed by atoms with Crippen molar-refractivity contribution in [3.63, 3.8) is 0 Å². The number of nitriles is 1. The predicted molar refractivity (Wildman–Crippen MR) is 120 cm³/mol. The summed E-state index contributed by atoms with van der Waals surface area (Å²) in [4.78, 5) is 23.7. The zero-order valence-electron chi connectivity index (χ0n) is 19.0. The molecule has 2 aliphatic rings. The average molecular weight is 437 g/mol. The summed E-state index contributed by atoms with van der Waals surface area (Å²) < 4.78 is 5.54. The molecule has 4 rings (SSSR count). The highest BCUT2D eigenvalue weighted by atomic mass is 16.5. The summed E-state index contributed by atoms with van der Waals surface area (Å²) in [7, 11) is 1.80. The van der Waals surface area contributed by atoms with Gasteiger partial charge in [0.15, 0.2) is 0 Å². The van der Waals surface area contributed by atoms with Gasteiger partial charge < -0.3 is 9.42 Å². The van der Waals surface area contributed by atoms with Gasteiger partial charge in [-0.05, 0) is 19.8 Å². The van der Waals surface area contributed by atoms with Gasteiger partial charge in [-0.25, -0.2) is 0 Å². The van der Waals surface area contributed by atoms with Gasteiger partial charge in [0.1, 0.15) is 5.54 Å². The molecule has 1 aliphatic carbocycles. The highest BCUT2D eigenvalue weighted by molar-refractivity contribution is 5.79. The smallest absolute Gasteiger partial charge is 0.244 e. The summed E-state index contributed by atoms with van der Waals surface area (Å²) in [6.07, 6.45) is 4.75. The van der Waals surface area contributed by atoms with Gasteiger partial charge in [-0.3, -0.25) is 14.6 Å². The molecule has 2 heterocycles. The Labute approximate surface area is 189 Å². The molecule has 8 heteroatoms. The minimum absolute atomic E-state index is 0.0181. The molecule has 0 N–H and O–H groups in total. The zero-order chi connectivity index (χ0) is 22.6. The number of rotatable bonds is 6. The van der Waals surface area contributed by atoms with E-state index in [2.05, 4.69) is 32.9 Å². The van der Waals surface area contributed by atoms with Crippen LogP contribution < -0.4 is 0 Å². The SMILES string of the molecule is CC(c1nc(-c2ccccc2)no1)N1CCN(CC(=O)N(C)C2(C#N)CCCCC2)CC1. The molecule has 8 nitrogen and oxygen atoms in total. The van der Waals surface area contributed by atoms with Crippen LogP contribution in [0.5, 0.6) is 0 Å². The number of piperazine rings is 1. The van der Waals surface area contributed by atoms with Gasteiger partial charge in [0, 0.05) is 38.8 Å². The number of carbonyl (C=O) groups excluding carboxylic acids is 1. The van der Waals surface area contributed by atoms with E-state index in [9.17, 15) is 10.1 Å². The van der Waals surface area contributed by atoms with Crippen LogP contribution in [0, 0.1) is 11.3 Å². The third-order valence-corrected chi connectivity index (χ3v) is 7.05. The molecule has 0 bridgehead atoms. The van der Waals surface area contributed by atoms with Gasteiger partial charge in [-0.1, -0.05) is 54.8 Å². The standard InChI is InChI=1S/C24H32N6O2/c1-19(23-26-22(27-32-23)20-9-5-3-6-10-20)30-15-13-29(14-16-30)17-21(31)28(2)24(18-25)11-7-4-8-12-24/h3,5-6,9-10,19H,4,7-8,11-17H2,1-2H3. The number of likely N-dealkylation sites (N-methyl/N-ethyl adjacent to an activating group) is 1. The van der Waals surface area contributed by atoms with E-state index in [1.165, 1.54) is 0 Å². The molecular formula is C24H32N6O2. The summed E-state index contributed by atoms with van der Waals surface area (Å²) in [5.41, 5.74) is 0.315. The molecule has 1 saturated heterocycles. The van der Waals surface area contributed by atoms with E-state index in [0.717, 1.165) is 63.8 Å². The fraction of sp³-hybridized carbons (Fsp3) is 0.583. The van der Waals surface area contributed by atoms with Crippen LogP contribution in [0.25, 0.3) is 11.4 Å². The maximum absolute atomic E-state index is 12.9. The molecule has 1 aromatic heterocycles. The number of hydrogen-bond acceptors (Lipinski definition) is 7. The van der Waals surface area contributed by atoms with E-state index in [1.807, 2.05) is 30.3 Å². The number of carbonyl (C=O) groups is 1. The van der Waals surface area contributed by atoms with Gasteiger partial charge in [0.05, 0.1) is 18.7 Å². The highest BCUT2D eigenvalue weighted by Crippen LogP contribution is 2.32. The van der Waals surface area contributed by atoms with Crippen molar-refractivity contribution in [1.82, 2.24) is 24.8 Å². The molecule has 1 atom stereocenters. The number of hydrogen-bond donors (Lipinski definition) is 0. The number of benzene rings is 1. The lowest BCUT2D eigenvalue weighted by molar-refractivity contribution is -0.136. The van der Waals surface area contributed by atoms with Crippen LogP contribution in [0.15, 0.2) is 34.9 Å². The van der Waals surface area contributed by atoms with Crippen molar-refractivity contribution in [2.24, 2.45) is 0 Å². The molecule has 1 aromatic carbocycles. The molecule has 0 spiro atoms. The molecule has 0 radical (unpaired) electrons. The maximum atomic E-state index is 12.9. The molecule has 170 valence electrons. The van der Waals surface area contributed by atoms with Crippen LogP contribution in [0.4, 0.5) is 0 Å². The third kappa shape index (κ3) is 4.69. The first-order valence-electron chi connectivity index (χ1n) is 11.6. The Balaban J connectivity index is 1.30. The summed E-state index contributed by atoms with van der Waals surface area (Å²) >= 11 is 0. The van der Waals surface area contributed by atoms with Gasteiger partial charge in [0.2, 0.25) is 17.6 Å². The van der Waals surface area contributed by atoms with E-state index in [0.29, 0.717) is 18.3 Å². The normalized spacial score (nSPS) is 20.4. The fourth-order valence-corrected chi connectivity index (χ4v) is 4.77. The predicted octanol–water partition coefficient (Wildman–Crippen LogP) is 3.10. The number of amides is 1. The van der Waals surface area contributed by atoms with E-state index in [4.69, 9.17) is 4.52 Å². The second kappa shape index (κ2) is 9.80. The minimum atomic E-state index is -0.625. The van der Waals surface area contributed by atoms with Crippen LogP contribution in [-0.4, -0.2) is 76.1 Å². The molecule has 1 saturated carbocycles. The first kappa shape index (κ1) is 22.4. The Hall–Kier alpha value is -2.76. The Bertz CT molecular complexity index is 939. The lowest BCUT2D eigenvalue weighted by Crippen LogP contribution is -2.55. The Morgan fingerprint density at radius 3 is 2.53 bits per heavy atom. The Morgan fingerprint density at radius 2 is 1.88 bits per heavy atom. The zero-order valence-corrected chi connectivity index (χ0v) is 19.0. The van der Waals surface area contributed by atoms with Crippen molar-refractivity contribution in [1.29, 1.82) is 5.26 Å². The molecule has 2 fully saturated rings. The van der Waals surface area contributed by atoms with E-state index in [-0.39, 0.29) is 11.9 Å². The van der Waals surface area contributed by atoms with E-state index >= 15 is 0 Å². The molecule has 1 unspecified atom stereocenters. The fourth-order valence-electron chi connectivity index (χ4n) is 4.77. The Morgan fingerprint density at radius 1 is 1.19 bits per heavy atom. The van der Waals surface area contributed by atoms with Crippen molar-refractivity contribution in [3.8, 4) is 17.5 Å². The second-order valence-electron chi connectivity index (χ2n) is 8.97. The lowest BCUT2D eigenvalue weighted by atomic mass is 9.81. The molecule has 1 aliphatic heterocycles. The number of nitrogens with zero attached hydrogens (tertiary/aromatic N) is 6. The molecule has 32 heavy (non-hydrogen) atoms. The maximum Gasteiger partial charge on any atom is 0.244 e. The van der Waals surface area contributed by atoms with E-state index < -0.39 is 5.54 Å². The molecular weight excluding hydrogens is 404 g/mol. The second-order valence-corrected chi connectivity index (χ2v) is 8.97. The Kier molecular flexibility index (Phi) is 6.87. The monoisotopic (exact) mass is 436 g/mol. The first-order valence-corrected chi connectivity index (χ1v) is 11.6. The van der Waals surface area contributed by atoms with E-state index in [1.54, 1.807) is 11.9 Å². The summed E-state index contributed by atoms with van der Waals surface area (Å²) in [6, 6.07) is 12.3. The van der Waals surface area contributed by atoms with Crippen molar-refractivity contribution in [2.45, 2.75) is 50.6 Å². The average Bonchev–Trinajstić information content (AvgIpc) is 3.35. The quantitative estimate of drug-likeness (QED) is 0.687. The van der Waals surface area contributed by atoms with Crippen molar-refractivity contribution in [3.05, 3.63) is 36.2 Å². The summed E-state index contributed by atoms with van der Waals surface area (Å²) in [5.74, 6) is 1.26. The highest BCUT2D eigenvalue weighted by Gasteiger charge is 2.39. The third-order valence-electron chi connectivity index (χ3n) is 7.05. The summed E-state index contributed by atoms with van der Waals surface area (Å²) in [5, 5.41) is 13.9. The number of aromatic nitrogens is 2. The van der Waals surface area contributed by atoms with Crippen molar-refractivity contribution in [2.75, 3.05) is 39.8 Å². The van der Waals surface area contributed by atoms with Crippen LogP contribution in [0.3, 0.4) is 0 Å². The van der Waals surface area contributed by atoms with Crippen LogP contribution in [0.2, 0.25) is 0 Å². The molecule has 1 amide bonds. The first-order chi connectivity index (χ1) is 15.5. The molecule has 2 aromatic rings. The summed E-state index contributed by atoms with van der Waals surface area (Å²) in [6.45, 7) is 5.68. The van der Waals surface area contributed by atoms with Crippen LogP contribution in [0.1, 0.15) is 51.0 Å². The van der Waals surface area contributed by atoms with Crippen molar-refractivity contribution >= 4 is 5.91 Å². The van der Waals surface area contributed by atoms with Gasteiger partial charge in [-0.2, -0.15) is 10.2 Å². The minimum Gasteiger partial charge on any atom is -0.337 e. The van der Waals surface area contributed by atoms with Gasteiger partial charge in [0.25, 0.3) is 0 Å². The van der Waals surface area contributed by atoms with Gasteiger partial charge >= 0.3 is 0 Å². The van der Waals surface area contributed by atoms with Crippen LogP contribution in [-0.2, 0) is 4.79 Å². The van der Waals surface area contributed by atoms with Crippen molar-refractivity contribution < 1.29 is 9.32 Å². The lowest BCUT2D eigenvalue weighted by Gasteiger charge is -2.41.